The highest BCUT2D eigenvalue weighted by Crippen LogP contribution is 1.95. The number of aliphatic imine (C=N–C) groups is 1. The van der Waals surface area contributed by atoms with Gasteiger partial charge in [-0.1, -0.05) is 6.08 Å². The molecule has 1 rings (SSSR count). The lowest BCUT2D eigenvalue weighted by molar-refractivity contribution is 1.11. The first-order valence-corrected chi connectivity index (χ1v) is 2.65. The predicted octanol–water partition coefficient (Wildman–Crippen LogP) is 0.726. The minimum Gasteiger partial charge on any atom is -0.351 e. The van der Waals surface area contributed by atoms with Crippen LogP contribution < -0.4 is 5.32 Å². The van der Waals surface area contributed by atoms with E-state index in [1.807, 2.05) is 12.6 Å². The number of nitrogens with one attached hydrogen (secondary N) is 1. The third kappa shape index (κ3) is 1.09. The van der Waals surface area contributed by atoms with E-state index in [2.05, 4.69) is 16.4 Å². The van der Waals surface area contributed by atoms with Crippen molar-refractivity contribution in [2.45, 2.75) is 6.42 Å². The van der Waals surface area contributed by atoms with Gasteiger partial charge in [-0.3, -0.25) is 4.99 Å². The van der Waals surface area contributed by atoms with E-state index in [0.29, 0.717) is 0 Å². The van der Waals surface area contributed by atoms with Crippen LogP contribution in [0.3, 0.4) is 0 Å². The van der Waals surface area contributed by atoms with Crippen LogP contribution in [0.1, 0.15) is 6.42 Å². The van der Waals surface area contributed by atoms with E-state index in [9.17, 15) is 0 Å². The molecule has 2 heteroatoms. The Hall–Kier alpha value is -0.790. The zero-order valence-corrected chi connectivity index (χ0v) is 4.89. The molecule has 1 radical (unpaired) electrons. The number of nitrogens with zero attached hydrogens (tertiary/aromatic N) is 1. The molecule has 0 aromatic carbocycles. The van der Waals surface area contributed by atoms with Crippen molar-refractivity contribution in [1.29, 1.82) is 0 Å². The van der Waals surface area contributed by atoms with Crippen molar-refractivity contribution in [2.24, 2.45) is 4.99 Å². The van der Waals surface area contributed by atoms with Gasteiger partial charge in [-0.05, 0) is 12.6 Å². The topological polar surface area (TPSA) is 24.4 Å². The third-order valence-electron chi connectivity index (χ3n) is 1.04. The maximum atomic E-state index is 3.95. The van der Waals surface area contributed by atoms with Gasteiger partial charge in [0.05, 0.1) is 0 Å². The quantitative estimate of drug-likeness (QED) is 0.487. The second-order valence-electron chi connectivity index (χ2n) is 1.60. The van der Waals surface area contributed by atoms with Gasteiger partial charge in [0, 0.05) is 13.5 Å². The Morgan fingerprint density at radius 2 is 2.62 bits per heavy atom. The monoisotopic (exact) mass is 109 g/mol. The van der Waals surface area contributed by atoms with Crippen LogP contribution in [0, 0.1) is 6.42 Å². The second kappa shape index (κ2) is 2.50. The van der Waals surface area contributed by atoms with Gasteiger partial charge in [-0.2, -0.15) is 0 Å². The van der Waals surface area contributed by atoms with Gasteiger partial charge < -0.3 is 5.32 Å². The minimum atomic E-state index is 0.965. The molecule has 2 nitrogen and oxygen atoms in total. The molecule has 8 heavy (non-hydrogen) atoms. The Kier molecular flexibility index (Phi) is 1.67. The summed E-state index contributed by atoms with van der Waals surface area (Å²) in [7, 11) is 1.78. The summed E-state index contributed by atoms with van der Waals surface area (Å²) in [5.74, 6) is 0.965. The molecule has 1 aliphatic rings. The zero-order valence-electron chi connectivity index (χ0n) is 4.89. The van der Waals surface area contributed by atoms with Crippen LogP contribution in [-0.2, 0) is 0 Å². The molecule has 0 atom stereocenters. The molecule has 0 saturated carbocycles. The molecular weight excluding hydrogens is 100 g/mol. The first kappa shape index (κ1) is 5.35. The van der Waals surface area contributed by atoms with Crippen LogP contribution in [0.5, 0.6) is 0 Å². The summed E-state index contributed by atoms with van der Waals surface area (Å²) in [6.07, 6.45) is 7.00. The van der Waals surface area contributed by atoms with Crippen molar-refractivity contribution in [3.05, 3.63) is 18.7 Å². The van der Waals surface area contributed by atoms with Gasteiger partial charge in [0.15, 0.2) is 0 Å². The normalized spacial score (nSPS) is 23.4. The van der Waals surface area contributed by atoms with E-state index >= 15 is 0 Å². The van der Waals surface area contributed by atoms with Crippen LogP contribution in [0.2, 0.25) is 0 Å². The van der Waals surface area contributed by atoms with E-state index in [4.69, 9.17) is 0 Å². The van der Waals surface area contributed by atoms with E-state index in [1.165, 1.54) is 0 Å². The van der Waals surface area contributed by atoms with Gasteiger partial charge in [-0.25, -0.2) is 0 Å². The fourth-order valence-corrected chi connectivity index (χ4v) is 0.607. The highest BCUT2D eigenvalue weighted by molar-refractivity contribution is 5.91. The van der Waals surface area contributed by atoms with Crippen LogP contribution in [0.25, 0.3) is 0 Å². The van der Waals surface area contributed by atoms with Gasteiger partial charge in [-0.15, -0.1) is 0 Å². The fourth-order valence-electron chi connectivity index (χ4n) is 0.607. The summed E-state index contributed by atoms with van der Waals surface area (Å²) in [6.45, 7) is 0. The highest BCUT2D eigenvalue weighted by Gasteiger charge is 1.96. The molecule has 43 valence electrons. The van der Waals surface area contributed by atoms with E-state index in [0.717, 1.165) is 12.3 Å². The maximum absolute atomic E-state index is 3.95. The van der Waals surface area contributed by atoms with Gasteiger partial charge >= 0.3 is 0 Å². The molecule has 1 N–H and O–H groups in total. The van der Waals surface area contributed by atoms with E-state index < -0.39 is 0 Å². The molecule has 0 fully saturated rings. The van der Waals surface area contributed by atoms with Crippen molar-refractivity contribution in [2.75, 3.05) is 7.05 Å². The van der Waals surface area contributed by atoms with Gasteiger partial charge in [0.25, 0.3) is 0 Å². The number of allylic oxidation sites excluding steroid dienone is 1. The van der Waals surface area contributed by atoms with E-state index in [-0.39, 0.29) is 0 Å². The molecule has 0 saturated heterocycles. The SMILES string of the molecule is CN=C1[CH]CC=CN1. The standard InChI is InChI=1S/C6H9N2/c1-7-6-4-2-3-5-8-6/h3-5H,2H2,1H3,(H,7,8). The fraction of sp³-hybridized carbons (Fsp3) is 0.333. The Morgan fingerprint density at radius 3 is 3.00 bits per heavy atom. The zero-order chi connectivity index (χ0) is 5.82. The van der Waals surface area contributed by atoms with Crippen molar-refractivity contribution in [3.63, 3.8) is 0 Å². The Balaban J connectivity index is 2.50. The molecule has 0 unspecified atom stereocenters. The molecule has 0 aliphatic carbocycles. The summed E-state index contributed by atoms with van der Waals surface area (Å²) in [6, 6.07) is 0. The number of hydrogen-bond acceptors (Lipinski definition) is 1. The van der Waals surface area contributed by atoms with Crippen LogP contribution >= 0.6 is 0 Å². The van der Waals surface area contributed by atoms with Gasteiger partial charge in [0.2, 0.25) is 0 Å². The van der Waals surface area contributed by atoms with Gasteiger partial charge in [0.1, 0.15) is 5.84 Å². The first-order chi connectivity index (χ1) is 3.93. The summed E-state index contributed by atoms with van der Waals surface area (Å²) >= 11 is 0. The van der Waals surface area contributed by atoms with Crippen molar-refractivity contribution in [1.82, 2.24) is 5.32 Å². The second-order valence-corrected chi connectivity index (χ2v) is 1.60. The molecular formula is C6H9N2. The molecule has 0 spiro atoms. The lowest BCUT2D eigenvalue weighted by atomic mass is 10.2. The molecule has 0 amide bonds. The van der Waals surface area contributed by atoms with Crippen molar-refractivity contribution in [3.8, 4) is 0 Å². The van der Waals surface area contributed by atoms with E-state index in [1.54, 1.807) is 7.05 Å². The predicted molar refractivity (Wildman–Crippen MR) is 34.6 cm³/mol. The average Bonchev–Trinajstić information content (AvgIpc) is 1.90. The smallest absolute Gasteiger partial charge is 0.104 e. The molecule has 1 heterocycles. The van der Waals surface area contributed by atoms with Crippen LogP contribution in [0.15, 0.2) is 17.3 Å². The number of rotatable bonds is 0. The maximum Gasteiger partial charge on any atom is 0.104 e. The minimum absolute atomic E-state index is 0.965. The van der Waals surface area contributed by atoms with Crippen molar-refractivity contribution < 1.29 is 0 Å². The first-order valence-electron chi connectivity index (χ1n) is 2.65. The summed E-state index contributed by atoms with van der Waals surface area (Å²) in [4.78, 5) is 3.95. The van der Waals surface area contributed by atoms with Crippen LogP contribution in [-0.4, -0.2) is 12.9 Å². The summed E-state index contributed by atoms with van der Waals surface area (Å²) in [5.41, 5.74) is 0. The largest absolute Gasteiger partial charge is 0.351 e. The number of amidine groups is 1. The molecule has 0 aromatic rings. The lowest BCUT2D eigenvalue weighted by Crippen LogP contribution is -2.20. The average molecular weight is 109 g/mol. The summed E-state index contributed by atoms with van der Waals surface area (Å²) in [5, 5.41) is 2.98. The molecule has 0 aromatic heterocycles. The summed E-state index contributed by atoms with van der Waals surface area (Å²) < 4.78 is 0. The molecule has 0 bridgehead atoms. The van der Waals surface area contributed by atoms with Crippen LogP contribution in [0.4, 0.5) is 0 Å². The third-order valence-corrected chi connectivity index (χ3v) is 1.04. The Bertz CT molecular complexity index is 124. The Morgan fingerprint density at radius 1 is 1.75 bits per heavy atom. The number of hydrogen-bond donors (Lipinski definition) is 1. The highest BCUT2D eigenvalue weighted by atomic mass is 15.0. The lowest BCUT2D eigenvalue weighted by Gasteiger charge is -2.06. The van der Waals surface area contributed by atoms with Crippen molar-refractivity contribution >= 4 is 5.84 Å². The molecule has 1 aliphatic heterocycles. The Labute approximate surface area is 49.3 Å².